The van der Waals surface area contributed by atoms with Crippen LogP contribution in [0.15, 0.2) is 24.3 Å². The van der Waals surface area contributed by atoms with Crippen molar-refractivity contribution >= 4 is 0 Å². The quantitative estimate of drug-likeness (QED) is 0.519. The number of nitriles is 1. The maximum absolute atomic E-state index is 8.54. The van der Waals surface area contributed by atoms with Crippen LogP contribution in [0.5, 0.6) is 5.75 Å². The third-order valence-electron chi connectivity index (χ3n) is 2.20. The van der Waals surface area contributed by atoms with Crippen LogP contribution in [0, 0.1) is 11.5 Å². The number of hydrogen-bond acceptors (Lipinski definition) is 3. The molecule has 1 heterocycles. The summed E-state index contributed by atoms with van der Waals surface area (Å²) < 4.78 is 5.45. The van der Waals surface area contributed by atoms with Gasteiger partial charge in [0.2, 0.25) is 0 Å². The number of benzene rings is 1. The Bertz CT molecular complexity index is 343. The first-order valence-electron chi connectivity index (χ1n) is 4.28. The molecule has 0 saturated heterocycles. The van der Waals surface area contributed by atoms with Crippen molar-refractivity contribution in [1.82, 2.24) is 5.32 Å². The fraction of sp³-hybridized carbons (Fsp3) is 0.300. The average molecular weight is 174 g/mol. The number of rotatable bonds is 1. The van der Waals surface area contributed by atoms with Gasteiger partial charge in [0.25, 0.3) is 0 Å². The highest BCUT2D eigenvalue weighted by Gasteiger charge is 2.19. The van der Waals surface area contributed by atoms with Crippen LogP contribution < -0.4 is 10.1 Å². The molecule has 66 valence electrons. The van der Waals surface area contributed by atoms with E-state index in [0.717, 1.165) is 17.7 Å². The summed E-state index contributed by atoms with van der Waals surface area (Å²) in [5.74, 6) is 0.890. The summed E-state index contributed by atoms with van der Waals surface area (Å²) in [5.41, 5.74) is 1.08. The van der Waals surface area contributed by atoms with Crippen LogP contribution in [0.2, 0.25) is 0 Å². The van der Waals surface area contributed by atoms with Crippen LogP contribution in [0.3, 0.4) is 0 Å². The van der Waals surface area contributed by atoms with Crippen LogP contribution in [-0.2, 0) is 0 Å². The van der Waals surface area contributed by atoms with E-state index in [9.17, 15) is 0 Å². The molecule has 0 bridgehead atoms. The van der Waals surface area contributed by atoms with E-state index in [2.05, 4.69) is 5.32 Å². The molecule has 13 heavy (non-hydrogen) atoms. The molecule has 0 amide bonds. The van der Waals surface area contributed by atoms with Gasteiger partial charge in [0.15, 0.2) is 6.19 Å². The van der Waals surface area contributed by atoms with Gasteiger partial charge in [-0.2, -0.15) is 5.26 Å². The van der Waals surface area contributed by atoms with E-state index in [1.807, 2.05) is 30.5 Å². The lowest BCUT2D eigenvalue weighted by molar-refractivity contribution is 0.261. The van der Waals surface area contributed by atoms with Gasteiger partial charge in [0.05, 0.1) is 12.6 Å². The SMILES string of the molecule is N#CNC1CCOc2ccccc21. The standard InChI is InChI=1S/C10H10N2O/c11-7-12-9-5-6-13-10-4-2-1-3-8(9)10/h1-4,9,12H,5-6H2. The minimum Gasteiger partial charge on any atom is -0.493 e. The normalized spacial score (nSPS) is 19.5. The largest absolute Gasteiger partial charge is 0.493 e. The zero-order valence-electron chi connectivity index (χ0n) is 7.16. The maximum atomic E-state index is 8.54. The molecule has 0 spiro atoms. The van der Waals surface area contributed by atoms with Crippen molar-refractivity contribution in [3.8, 4) is 11.9 Å². The van der Waals surface area contributed by atoms with Gasteiger partial charge in [0, 0.05) is 12.0 Å². The number of hydrogen-bond donors (Lipinski definition) is 1. The number of para-hydroxylation sites is 1. The number of nitrogens with one attached hydrogen (secondary N) is 1. The van der Waals surface area contributed by atoms with E-state index < -0.39 is 0 Å². The lowest BCUT2D eigenvalue weighted by Crippen LogP contribution is -2.23. The Kier molecular flexibility index (Phi) is 2.05. The molecule has 2 rings (SSSR count). The first kappa shape index (κ1) is 7.93. The average Bonchev–Trinajstić information content (AvgIpc) is 2.19. The highest BCUT2D eigenvalue weighted by Crippen LogP contribution is 2.30. The maximum Gasteiger partial charge on any atom is 0.177 e. The molecule has 1 atom stereocenters. The fourth-order valence-corrected chi connectivity index (χ4v) is 1.57. The van der Waals surface area contributed by atoms with Crippen molar-refractivity contribution < 1.29 is 4.74 Å². The molecule has 1 N–H and O–H groups in total. The van der Waals surface area contributed by atoms with Gasteiger partial charge in [-0.3, -0.25) is 0 Å². The zero-order valence-corrected chi connectivity index (χ0v) is 7.16. The highest BCUT2D eigenvalue weighted by atomic mass is 16.5. The summed E-state index contributed by atoms with van der Waals surface area (Å²) >= 11 is 0. The molecule has 3 nitrogen and oxygen atoms in total. The molecule has 0 fully saturated rings. The summed E-state index contributed by atoms with van der Waals surface area (Å²) in [7, 11) is 0. The van der Waals surface area contributed by atoms with Gasteiger partial charge < -0.3 is 10.1 Å². The topological polar surface area (TPSA) is 45.0 Å². The lowest BCUT2D eigenvalue weighted by atomic mass is 10.0. The van der Waals surface area contributed by atoms with Crippen molar-refractivity contribution in [2.45, 2.75) is 12.5 Å². The Morgan fingerprint density at radius 3 is 3.15 bits per heavy atom. The number of ether oxygens (including phenoxy) is 1. The molecule has 0 aliphatic carbocycles. The molecule has 1 aliphatic heterocycles. The van der Waals surface area contributed by atoms with Crippen LogP contribution in [0.1, 0.15) is 18.0 Å². The third-order valence-corrected chi connectivity index (χ3v) is 2.20. The van der Waals surface area contributed by atoms with Crippen molar-refractivity contribution in [2.24, 2.45) is 0 Å². The van der Waals surface area contributed by atoms with Crippen LogP contribution >= 0.6 is 0 Å². The molecule has 0 saturated carbocycles. The molecule has 1 aromatic carbocycles. The molecule has 0 aromatic heterocycles. The van der Waals surface area contributed by atoms with E-state index >= 15 is 0 Å². The second-order valence-electron chi connectivity index (χ2n) is 2.98. The van der Waals surface area contributed by atoms with Crippen LogP contribution in [0.4, 0.5) is 0 Å². The van der Waals surface area contributed by atoms with Crippen molar-refractivity contribution in [1.29, 1.82) is 5.26 Å². The zero-order chi connectivity index (χ0) is 9.10. The minimum absolute atomic E-state index is 0.120. The van der Waals surface area contributed by atoms with Crippen molar-refractivity contribution in [3.05, 3.63) is 29.8 Å². The Balaban J connectivity index is 2.32. The second kappa shape index (κ2) is 3.36. The highest BCUT2D eigenvalue weighted by molar-refractivity contribution is 5.37. The van der Waals surface area contributed by atoms with Crippen LogP contribution in [0.25, 0.3) is 0 Å². The summed E-state index contributed by atoms with van der Waals surface area (Å²) in [5, 5.41) is 11.3. The van der Waals surface area contributed by atoms with Crippen molar-refractivity contribution in [2.75, 3.05) is 6.61 Å². The monoisotopic (exact) mass is 174 g/mol. The van der Waals surface area contributed by atoms with Gasteiger partial charge >= 0.3 is 0 Å². The molecule has 1 aromatic rings. The van der Waals surface area contributed by atoms with Gasteiger partial charge in [-0.1, -0.05) is 18.2 Å². The van der Waals surface area contributed by atoms with E-state index in [4.69, 9.17) is 10.00 Å². The van der Waals surface area contributed by atoms with Crippen LogP contribution in [-0.4, -0.2) is 6.61 Å². The minimum atomic E-state index is 0.120. The van der Waals surface area contributed by atoms with Gasteiger partial charge in [0.1, 0.15) is 5.75 Å². The smallest absolute Gasteiger partial charge is 0.177 e. The van der Waals surface area contributed by atoms with Gasteiger partial charge in [-0.15, -0.1) is 0 Å². The molecule has 1 aliphatic rings. The number of nitrogens with zero attached hydrogens (tertiary/aromatic N) is 1. The predicted octanol–water partition coefficient (Wildman–Crippen LogP) is 1.58. The Labute approximate surface area is 76.9 Å². The summed E-state index contributed by atoms with van der Waals surface area (Å²) in [6.07, 6.45) is 2.82. The first-order chi connectivity index (χ1) is 6.42. The third kappa shape index (κ3) is 1.43. The molecule has 1 unspecified atom stereocenters. The molecular formula is C10H10N2O. The molecular weight excluding hydrogens is 164 g/mol. The van der Waals surface area contributed by atoms with Crippen molar-refractivity contribution in [3.63, 3.8) is 0 Å². The second-order valence-corrected chi connectivity index (χ2v) is 2.98. The Hall–Kier alpha value is -1.69. The number of fused-ring (bicyclic) bond motifs is 1. The van der Waals surface area contributed by atoms with Gasteiger partial charge in [-0.05, 0) is 6.07 Å². The summed E-state index contributed by atoms with van der Waals surface area (Å²) in [6, 6.07) is 7.94. The first-order valence-corrected chi connectivity index (χ1v) is 4.28. The molecule has 0 radical (unpaired) electrons. The summed E-state index contributed by atoms with van der Waals surface area (Å²) in [6.45, 7) is 0.677. The lowest BCUT2D eigenvalue weighted by Gasteiger charge is -2.24. The van der Waals surface area contributed by atoms with E-state index in [-0.39, 0.29) is 6.04 Å². The Morgan fingerprint density at radius 2 is 2.31 bits per heavy atom. The van der Waals surface area contributed by atoms with Gasteiger partial charge in [-0.25, -0.2) is 0 Å². The fourth-order valence-electron chi connectivity index (χ4n) is 1.57. The summed E-state index contributed by atoms with van der Waals surface area (Å²) in [4.78, 5) is 0. The molecule has 3 heteroatoms. The van der Waals surface area contributed by atoms with E-state index in [0.29, 0.717) is 6.61 Å². The predicted molar refractivity (Wildman–Crippen MR) is 48.0 cm³/mol. The Morgan fingerprint density at radius 1 is 1.46 bits per heavy atom. The van der Waals surface area contributed by atoms with E-state index in [1.165, 1.54) is 0 Å². The van der Waals surface area contributed by atoms with E-state index in [1.54, 1.807) is 0 Å².